The molecule has 1 heterocycles. The van der Waals surface area contributed by atoms with Crippen LogP contribution in [0.2, 0.25) is 0 Å². The Bertz CT molecular complexity index is 286. The second-order valence-corrected chi connectivity index (χ2v) is 2.61. The summed E-state index contributed by atoms with van der Waals surface area (Å²) >= 11 is 0. The van der Waals surface area contributed by atoms with E-state index in [0.717, 1.165) is 5.82 Å². The number of amides is 1. The highest BCUT2D eigenvalue weighted by atomic mass is 35.5. The largest absolute Gasteiger partial charge is 0.368 e. The maximum absolute atomic E-state index is 10.7. The third-order valence-corrected chi connectivity index (χ3v) is 1.61. The number of rotatable bonds is 3. The maximum Gasteiger partial charge on any atom is 0.239 e. The number of nitrogens with zero attached hydrogens (tertiary/aromatic N) is 2. The molecule has 0 spiro atoms. The fourth-order valence-corrected chi connectivity index (χ4v) is 0.808. The van der Waals surface area contributed by atoms with Gasteiger partial charge in [-0.1, -0.05) is 0 Å². The van der Waals surface area contributed by atoms with Gasteiger partial charge in [0.05, 0.1) is 6.20 Å². The molecule has 0 saturated carbocycles. The lowest BCUT2D eigenvalue weighted by molar-refractivity contribution is -0.118. The van der Waals surface area contributed by atoms with Crippen LogP contribution in [0.1, 0.15) is 6.92 Å². The lowest BCUT2D eigenvalue weighted by Crippen LogP contribution is -2.33. The number of hydrogen-bond donors (Lipinski definition) is 2. The van der Waals surface area contributed by atoms with Gasteiger partial charge in [0.2, 0.25) is 5.91 Å². The number of carbonyl (C=O) groups is 1. The fraction of sp³-hybridized carbons (Fsp3) is 0.429. The van der Waals surface area contributed by atoms with Crippen LogP contribution in [0.3, 0.4) is 0 Å². The molecule has 0 aliphatic rings. The number of nitrogens with one attached hydrogen (secondary N) is 1. The van der Waals surface area contributed by atoms with Crippen LogP contribution in [-0.4, -0.2) is 21.7 Å². The first-order valence-electron chi connectivity index (χ1n) is 3.65. The minimum Gasteiger partial charge on any atom is -0.368 e. The summed E-state index contributed by atoms with van der Waals surface area (Å²) in [6, 6.07) is 1.40. The van der Waals surface area contributed by atoms with Crippen LogP contribution in [0.4, 0.5) is 5.82 Å². The number of aromatic nitrogens is 2. The highest BCUT2D eigenvalue weighted by Crippen LogP contribution is 2.04. The summed E-state index contributed by atoms with van der Waals surface area (Å²) in [7, 11) is 1.79. The average Bonchev–Trinajstić information content (AvgIpc) is 2.36. The molecule has 0 fully saturated rings. The predicted molar refractivity (Wildman–Crippen MR) is 52.7 cm³/mol. The Morgan fingerprint density at radius 1 is 1.77 bits per heavy atom. The minimum absolute atomic E-state index is 0. The molecule has 0 radical (unpaired) electrons. The van der Waals surface area contributed by atoms with Crippen molar-refractivity contribution < 1.29 is 4.79 Å². The summed E-state index contributed by atoms with van der Waals surface area (Å²) in [6.45, 7) is 1.70. The maximum atomic E-state index is 10.7. The van der Waals surface area contributed by atoms with E-state index < -0.39 is 0 Å². The molecular formula is C7H13ClN4O. The Labute approximate surface area is 82.7 Å². The zero-order valence-corrected chi connectivity index (χ0v) is 8.34. The van der Waals surface area contributed by atoms with Crippen LogP contribution in [0.25, 0.3) is 0 Å². The van der Waals surface area contributed by atoms with Crippen molar-refractivity contribution in [1.29, 1.82) is 0 Å². The third kappa shape index (κ3) is 2.95. The predicted octanol–water partition coefficient (Wildman–Crippen LogP) is 0.128. The monoisotopic (exact) mass is 204 g/mol. The third-order valence-electron chi connectivity index (χ3n) is 1.61. The van der Waals surface area contributed by atoms with E-state index in [4.69, 9.17) is 5.73 Å². The first kappa shape index (κ1) is 11.8. The van der Waals surface area contributed by atoms with Crippen LogP contribution in [0, 0.1) is 0 Å². The Hall–Kier alpha value is -1.23. The smallest absolute Gasteiger partial charge is 0.239 e. The molecule has 13 heavy (non-hydrogen) atoms. The molecule has 1 aromatic heterocycles. The zero-order chi connectivity index (χ0) is 9.14. The van der Waals surface area contributed by atoms with E-state index in [-0.39, 0.29) is 24.4 Å². The van der Waals surface area contributed by atoms with Crippen LogP contribution in [0.15, 0.2) is 12.3 Å². The van der Waals surface area contributed by atoms with Crippen molar-refractivity contribution in [1.82, 2.24) is 9.78 Å². The Balaban J connectivity index is 0.00000144. The number of aryl methyl sites for hydroxylation is 1. The van der Waals surface area contributed by atoms with E-state index in [1.165, 1.54) is 0 Å². The Morgan fingerprint density at radius 2 is 2.38 bits per heavy atom. The summed E-state index contributed by atoms with van der Waals surface area (Å²) < 4.78 is 1.64. The van der Waals surface area contributed by atoms with Crippen LogP contribution in [0.5, 0.6) is 0 Å². The molecule has 0 saturated heterocycles. The van der Waals surface area contributed by atoms with E-state index in [1.807, 2.05) is 0 Å². The summed E-state index contributed by atoms with van der Waals surface area (Å²) in [5, 5.41) is 6.85. The zero-order valence-electron chi connectivity index (χ0n) is 7.52. The van der Waals surface area contributed by atoms with Crippen LogP contribution in [-0.2, 0) is 11.8 Å². The quantitative estimate of drug-likeness (QED) is 0.735. The van der Waals surface area contributed by atoms with Crippen LogP contribution < -0.4 is 11.1 Å². The molecule has 74 valence electrons. The van der Waals surface area contributed by atoms with Crippen molar-refractivity contribution in [3.8, 4) is 0 Å². The first-order chi connectivity index (χ1) is 5.61. The van der Waals surface area contributed by atoms with E-state index in [1.54, 1.807) is 30.9 Å². The van der Waals surface area contributed by atoms with Crippen molar-refractivity contribution in [3.63, 3.8) is 0 Å². The number of primary amides is 1. The summed E-state index contributed by atoms with van der Waals surface area (Å²) in [5.74, 6) is 0.400. The molecule has 1 aromatic rings. The molecule has 0 bridgehead atoms. The molecule has 0 aliphatic heterocycles. The number of nitrogens with two attached hydrogens (primary N) is 1. The normalized spacial score (nSPS) is 11.5. The molecule has 0 unspecified atom stereocenters. The molecule has 1 rings (SSSR count). The van der Waals surface area contributed by atoms with Gasteiger partial charge in [0.25, 0.3) is 0 Å². The number of halogens is 1. The van der Waals surface area contributed by atoms with Crippen LogP contribution >= 0.6 is 12.4 Å². The second kappa shape index (κ2) is 4.71. The van der Waals surface area contributed by atoms with Gasteiger partial charge in [-0.15, -0.1) is 12.4 Å². The fourth-order valence-electron chi connectivity index (χ4n) is 0.808. The SMILES string of the molecule is C[C@@H](Nc1ccnn1C)C(N)=O.Cl. The summed E-state index contributed by atoms with van der Waals surface area (Å²) in [6.07, 6.45) is 1.65. The molecular weight excluding hydrogens is 192 g/mol. The molecule has 5 nitrogen and oxygen atoms in total. The number of anilines is 1. The lowest BCUT2D eigenvalue weighted by Gasteiger charge is -2.10. The molecule has 3 N–H and O–H groups in total. The highest BCUT2D eigenvalue weighted by Gasteiger charge is 2.08. The summed E-state index contributed by atoms with van der Waals surface area (Å²) in [5.41, 5.74) is 5.07. The van der Waals surface area contributed by atoms with Gasteiger partial charge in [0.1, 0.15) is 11.9 Å². The highest BCUT2D eigenvalue weighted by molar-refractivity contribution is 5.85. The van der Waals surface area contributed by atoms with Gasteiger partial charge in [-0.2, -0.15) is 5.10 Å². The van der Waals surface area contributed by atoms with E-state index in [0.29, 0.717) is 0 Å². The molecule has 0 aliphatic carbocycles. The van der Waals surface area contributed by atoms with E-state index >= 15 is 0 Å². The van der Waals surface area contributed by atoms with Gasteiger partial charge >= 0.3 is 0 Å². The number of hydrogen-bond acceptors (Lipinski definition) is 3. The van der Waals surface area contributed by atoms with Crippen molar-refractivity contribution in [3.05, 3.63) is 12.3 Å². The van der Waals surface area contributed by atoms with Gasteiger partial charge in [-0.05, 0) is 6.92 Å². The van der Waals surface area contributed by atoms with Gasteiger partial charge in [0.15, 0.2) is 0 Å². The van der Waals surface area contributed by atoms with Gasteiger partial charge in [-0.3, -0.25) is 9.48 Å². The standard InChI is InChI=1S/C7H12N4O.ClH/c1-5(7(8)12)10-6-3-4-9-11(6)2;/h3-5,10H,1-2H3,(H2,8,12);1H/t5-;/m1./s1. The Kier molecular flexibility index (Phi) is 4.27. The molecule has 6 heteroatoms. The average molecular weight is 205 g/mol. The van der Waals surface area contributed by atoms with Crippen molar-refractivity contribution in [2.75, 3.05) is 5.32 Å². The first-order valence-corrected chi connectivity index (χ1v) is 3.65. The van der Waals surface area contributed by atoms with E-state index in [9.17, 15) is 4.79 Å². The van der Waals surface area contributed by atoms with E-state index in [2.05, 4.69) is 10.4 Å². The van der Waals surface area contributed by atoms with Gasteiger partial charge in [-0.25, -0.2) is 0 Å². The van der Waals surface area contributed by atoms with Crippen molar-refractivity contribution >= 4 is 24.1 Å². The second-order valence-electron chi connectivity index (χ2n) is 2.61. The minimum atomic E-state index is -0.379. The molecule has 1 amide bonds. The van der Waals surface area contributed by atoms with Crippen molar-refractivity contribution in [2.24, 2.45) is 12.8 Å². The molecule has 0 aromatic carbocycles. The van der Waals surface area contributed by atoms with Gasteiger partial charge < -0.3 is 11.1 Å². The number of carbonyl (C=O) groups excluding carboxylic acids is 1. The lowest BCUT2D eigenvalue weighted by atomic mass is 10.3. The molecule has 1 atom stereocenters. The Morgan fingerprint density at radius 3 is 2.77 bits per heavy atom. The summed E-state index contributed by atoms with van der Waals surface area (Å²) in [4.78, 5) is 10.7. The van der Waals surface area contributed by atoms with Gasteiger partial charge in [0, 0.05) is 13.1 Å². The van der Waals surface area contributed by atoms with Crippen molar-refractivity contribution in [2.45, 2.75) is 13.0 Å². The topological polar surface area (TPSA) is 72.9 Å².